The van der Waals surface area contributed by atoms with Gasteiger partial charge in [0.05, 0.1) is 16.6 Å². The highest BCUT2D eigenvalue weighted by Crippen LogP contribution is 2.28. The van der Waals surface area contributed by atoms with E-state index < -0.39 is 0 Å². The van der Waals surface area contributed by atoms with Crippen LogP contribution in [-0.2, 0) is 5.75 Å². The van der Waals surface area contributed by atoms with Crippen LogP contribution in [0.25, 0.3) is 16.6 Å². The highest BCUT2D eigenvalue weighted by molar-refractivity contribution is 7.98. The Balaban J connectivity index is 1.83. The quantitative estimate of drug-likeness (QED) is 0.235. The highest BCUT2D eigenvalue weighted by atomic mass is 35.5. The molecule has 0 fully saturated rings. The average Bonchev–Trinajstić information content (AvgIpc) is 2.81. The van der Waals surface area contributed by atoms with Crippen LogP contribution in [0.1, 0.15) is 40.9 Å². The number of hydrogen-bond donors (Lipinski definition) is 1. The fourth-order valence-corrected chi connectivity index (χ4v) is 5.17. The van der Waals surface area contributed by atoms with Gasteiger partial charge in [-0.25, -0.2) is 4.98 Å². The molecule has 0 aliphatic heterocycles. The summed E-state index contributed by atoms with van der Waals surface area (Å²) in [6, 6.07) is 18.7. The summed E-state index contributed by atoms with van der Waals surface area (Å²) in [6.07, 6.45) is 0. The van der Waals surface area contributed by atoms with E-state index in [1.54, 1.807) is 22.8 Å². The Morgan fingerprint density at radius 2 is 1.77 bits per heavy atom. The van der Waals surface area contributed by atoms with Crippen LogP contribution in [0.2, 0.25) is 5.02 Å². The molecule has 1 N–H and O–H groups in total. The number of aromatic nitrogens is 2. The summed E-state index contributed by atoms with van der Waals surface area (Å²) in [6.45, 7) is 8.68. The first kappa shape index (κ1) is 25.0. The van der Waals surface area contributed by atoms with E-state index in [4.69, 9.17) is 16.6 Å². The van der Waals surface area contributed by atoms with E-state index in [9.17, 15) is 9.59 Å². The van der Waals surface area contributed by atoms with Crippen molar-refractivity contribution in [3.8, 4) is 5.69 Å². The van der Waals surface area contributed by atoms with Crippen LogP contribution >= 0.6 is 23.4 Å². The maximum Gasteiger partial charge on any atom is 0.266 e. The van der Waals surface area contributed by atoms with Crippen molar-refractivity contribution in [2.45, 2.75) is 38.6 Å². The second-order valence-corrected chi connectivity index (χ2v) is 10.4. The number of benzene rings is 3. The van der Waals surface area contributed by atoms with E-state index in [0.717, 1.165) is 22.4 Å². The zero-order chi connectivity index (χ0) is 25.1. The molecular formula is C28H28ClN3O2S. The summed E-state index contributed by atoms with van der Waals surface area (Å²) >= 11 is 7.82. The Morgan fingerprint density at radius 1 is 1.06 bits per heavy atom. The molecule has 180 valence electrons. The lowest BCUT2D eigenvalue weighted by molar-refractivity contribution is 0.0949. The smallest absolute Gasteiger partial charge is 0.266 e. The van der Waals surface area contributed by atoms with E-state index >= 15 is 0 Å². The van der Waals surface area contributed by atoms with Crippen molar-refractivity contribution in [2.24, 2.45) is 5.92 Å². The Bertz CT molecular complexity index is 1440. The molecule has 0 spiro atoms. The molecule has 7 heteroatoms. The molecule has 0 radical (unpaired) electrons. The monoisotopic (exact) mass is 505 g/mol. The average molecular weight is 506 g/mol. The van der Waals surface area contributed by atoms with Crippen LogP contribution in [0.15, 0.2) is 70.6 Å². The molecule has 0 saturated heterocycles. The zero-order valence-electron chi connectivity index (χ0n) is 20.3. The van der Waals surface area contributed by atoms with Crippen LogP contribution in [0.4, 0.5) is 0 Å². The maximum absolute atomic E-state index is 13.7. The fraction of sp³-hybridized carbons (Fsp3) is 0.250. The molecule has 0 aliphatic rings. The molecular weight excluding hydrogens is 478 g/mol. The first-order chi connectivity index (χ1) is 16.7. The summed E-state index contributed by atoms with van der Waals surface area (Å²) in [5.74, 6) is 0.721. The van der Waals surface area contributed by atoms with Crippen molar-refractivity contribution in [1.82, 2.24) is 14.9 Å². The second kappa shape index (κ2) is 10.7. The largest absolute Gasteiger partial charge is 0.352 e. The van der Waals surface area contributed by atoms with Gasteiger partial charge in [0, 0.05) is 22.9 Å². The van der Waals surface area contributed by atoms with Gasteiger partial charge in [-0.05, 0) is 72.9 Å². The second-order valence-electron chi connectivity index (χ2n) is 9.10. The molecule has 1 aromatic heterocycles. The predicted molar refractivity (Wildman–Crippen MR) is 145 cm³/mol. The van der Waals surface area contributed by atoms with Crippen LogP contribution < -0.4 is 10.9 Å². The van der Waals surface area contributed by atoms with Gasteiger partial charge in [0.15, 0.2) is 5.16 Å². The summed E-state index contributed by atoms with van der Waals surface area (Å²) in [7, 11) is 0. The molecule has 0 saturated carbocycles. The van der Waals surface area contributed by atoms with Gasteiger partial charge in [0.1, 0.15) is 0 Å². The summed E-state index contributed by atoms with van der Waals surface area (Å²) < 4.78 is 1.66. The minimum absolute atomic E-state index is 0.171. The van der Waals surface area contributed by atoms with E-state index in [-0.39, 0.29) is 11.5 Å². The number of hydrogen-bond acceptors (Lipinski definition) is 4. The number of aryl methyl sites for hydroxylation is 2. The molecule has 5 nitrogen and oxygen atoms in total. The number of thioether (sulfide) groups is 1. The van der Waals surface area contributed by atoms with Crippen molar-refractivity contribution in [3.05, 3.63) is 98.3 Å². The Hall–Kier alpha value is -3.09. The van der Waals surface area contributed by atoms with Crippen molar-refractivity contribution in [2.75, 3.05) is 6.54 Å². The lowest BCUT2D eigenvalue weighted by Crippen LogP contribution is -2.27. The number of amides is 1. The van der Waals surface area contributed by atoms with Crippen molar-refractivity contribution < 1.29 is 4.79 Å². The normalized spacial score (nSPS) is 11.3. The molecule has 4 rings (SSSR count). The molecule has 0 atom stereocenters. The van der Waals surface area contributed by atoms with Crippen molar-refractivity contribution in [3.63, 3.8) is 0 Å². The predicted octanol–water partition coefficient (Wildman–Crippen LogP) is 6.33. The minimum Gasteiger partial charge on any atom is -0.352 e. The van der Waals surface area contributed by atoms with Gasteiger partial charge in [-0.1, -0.05) is 61.5 Å². The fourth-order valence-electron chi connectivity index (χ4n) is 3.87. The highest BCUT2D eigenvalue weighted by Gasteiger charge is 2.17. The third-order valence-electron chi connectivity index (χ3n) is 5.55. The van der Waals surface area contributed by atoms with Crippen molar-refractivity contribution >= 4 is 40.2 Å². The minimum atomic E-state index is -0.175. The first-order valence-corrected chi connectivity index (χ1v) is 12.9. The standard InChI is InChI=1S/C28H28ClN3O2S/c1-17(2)15-30-26(33)20-9-10-23-25(14-20)31-28(35-16-21-7-5-6-8-24(21)29)32(27(23)34)22-12-18(3)11-19(4)13-22/h5-14,17H,15-16H2,1-4H3,(H,30,33). The van der Waals surface area contributed by atoms with Crippen LogP contribution in [0, 0.1) is 19.8 Å². The third-order valence-corrected chi connectivity index (χ3v) is 6.91. The lowest BCUT2D eigenvalue weighted by Gasteiger charge is -2.15. The number of halogens is 1. The number of nitrogens with zero attached hydrogens (tertiary/aromatic N) is 2. The third kappa shape index (κ3) is 5.77. The van der Waals surface area contributed by atoms with E-state index in [1.165, 1.54) is 11.8 Å². The number of carbonyl (C=O) groups excluding carboxylic acids is 1. The first-order valence-electron chi connectivity index (χ1n) is 11.5. The van der Waals surface area contributed by atoms with Gasteiger partial charge >= 0.3 is 0 Å². The molecule has 4 aromatic rings. The Labute approximate surface area is 214 Å². The SMILES string of the molecule is Cc1cc(C)cc(-n2c(SCc3ccccc3Cl)nc3cc(C(=O)NCC(C)C)ccc3c2=O)c1. The molecule has 3 aromatic carbocycles. The number of rotatable bonds is 7. The number of nitrogens with one attached hydrogen (secondary N) is 1. The number of fused-ring (bicyclic) bond motifs is 1. The van der Waals surface area contributed by atoms with Gasteiger partial charge in [0.25, 0.3) is 11.5 Å². The van der Waals surface area contributed by atoms with E-state index in [2.05, 4.69) is 11.4 Å². The van der Waals surface area contributed by atoms with E-state index in [1.807, 2.05) is 64.1 Å². The van der Waals surface area contributed by atoms with Crippen LogP contribution in [0.5, 0.6) is 0 Å². The maximum atomic E-state index is 13.7. The Kier molecular flexibility index (Phi) is 7.63. The van der Waals surface area contributed by atoms with Crippen LogP contribution in [-0.4, -0.2) is 22.0 Å². The van der Waals surface area contributed by atoms with Gasteiger partial charge in [-0.3, -0.25) is 14.2 Å². The molecule has 0 unspecified atom stereocenters. The molecule has 0 aliphatic carbocycles. The summed E-state index contributed by atoms with van der Waals surface area (Å²) in [5.41, 5.74) is 4.66. The van der Waals surface area contributed by atoms with Gasteiger partial charge in [0.2, 0.25) is 0 Å². The Morgan fingerprint density at radius 3 is 2.46 bits per heavy atom. The zero-order valence-corrected chi connectivity index (χ0v) is 21.8. The van der Waals surface area contributed by atoms with Crippen molar-refractivity contribution in [1.29, 1.82) is 0 Å². The molecule has 1 amide bonds. The molecule has 0 bridgehead atoms. The summed E-state index contributed by atoms with van der Waals surface area (Å²) in [4.78, 5) is 31.2. The van der Waals surface area contributed by atoms with Gasteiger partial charge in [-0.15, -0.1) is 0 Å². The van der Waals surface area contributed by atoms with Gasteiger partial charge in [-0.2, -0.15) is 0 Å². The lowest BCUT2D eigenvalue weighted by atomic mass is 10.1. The number of carbonyl (C=O) groups is 1. The topological polar surface area (TPSA) is 64.0 Å². The van der Waals surface area contributed by atoms with Gasteiger partial charge < -0.3 is 5.32 Å². The molecule has 1 heterocycles. The molecule has 35 heavy (non-hydrogen) atoms. The van der Waals surface area contributed by atoms with Crippen LogP contribution in [0.3, 0.4) is 0 Å². The summed E-state index contributed by atoms with van der Waals surface area (Å²) in [5, 5.41) is 4.61. The van der Waals surface area contributed by atoms with E-state index in [0.29, 0.717) is 44.9 Å².